The molecule has 1 aliphatic carbocycles. The van der Waals surface area contributed by atoms with Gasteiger partial charge in [-0.2, -0.15) is 0 Å². The number of carbonyl (C=O) groups is 1. The first-order valence-corrected chi connectivity index (χ1v) is 9.45. The normalized spacial score (nSPS) is 24.5. The van der Waals surface area contributed by atoms with Crippen LogP contribution in [0.25, 0.3) is 0 Å². The smallest absolute Gasteiger partial charge is 0.227 e. The predicted molar refractivity (Wildman–Crippen MR) is 101 cm³/mol. The maximum Gasteiger partial charge on any atom is 0.227 e. The second-order valence-electron chi connectivity index (χ2n) is 7.62. The molecule has 2 N–H and O–H groups in total. The summed E-state index contributed by atoms with van der Waals surface area (Å²) in [5.41, 5.74) is 4.84. The Morgan fingerprint density at radius 2 is 2.04 bits per heavy atom. The minimum Gasteiger partial charge on any atom is -0.355 e. The Balaban J connectivity index is 1.40. The molecule has 0 saturated carbocycles. The highest BCUT2D eigenvalue weighted by Gasteiger charge is 2.33. The SMILES string of the molecule is Cc1ccc2c(c1)C(C(=O)NC[C@@H]1CNCC[C@@H]1c1ccc(F)cc1)C2. The van der Waals surface area contributed by atoms with E-state index in [9.17, 15) is 9.18 Å². The molecule has 2 aromatic rings. The van der Waals surface area contributed by atoms with E-state index in [0.29, 0.717) is 18.4 Å². The first-order chi connectivity index (χ1) is 12.6. The number of benzene rings is 2. The number of piperidine rings is 1. The summed E-state index contributed by atoms with van der Waals surface area (Å²) in [6.07, 6.45) is 1.85. The summed E-state index contributed by atoms with van der Waals surface area (Å²) >= 11 is 0. The quantitative estimate of drug-likeness (QED) is 0.887. The van der Waals surface area contributed by atoms with Crippen molar-refractivity contribution in [2.45, 2.75) is 31.6 Å². The van der Waals surface area contributed by atoms with Crippen LogP contribution in [0.3, 0.4) is 0 Å². The molecule has 1 unspecified atom stereocenters. The van der Waals surface area contributed by atoms with Crippen molar-refractivity contribution in [3.05, 3.63) is 70.5 Å². The van der Waals surface area contributed by atoms with E-state index in [-0.39, 0.29) is 17.6 Å². The number of hydrogen-bond donors (Lipinski definition) is 2. The summed E-state index contributed by atoms with van der Waals surface area (Å²) < 4.78 is 13.2. The molecular weight excluding hydrogens is 327 g/mol. The van der Waals surface area contributed by atoms with Gasteiger partial charge < -0.3 is 10.6 Å². The fourth-order valence-corrected chi connectivity index (χ4v) is 4.30. The van der Waals surface area contributed by atoms with Crippen LogP contribution < -0.4 is 10.6 Å². The summed E-state index contributed by atoms with van der Waals surface area (Å²) in [4.78, 5) is 12.6. The van der Waals surface area contributed by atoms with E-state index in [2.05, 4.69) is 35.8 Å². The zero-order valence-corrected chi connectivity index (χ0v) is 15.1. The molecule has 3 nitrogen and oxygen atoms in total. The number of rotatable bonds is 4. The molecule has 4 rings (SSSR count). The van der Waals surface area contributed by atoms with Crippen molar-refractivity contribution in [2.75, 3.05) is 19.6 Å². The van der Waals surface area contributed by atoms with Crippen molar-refractivity contribution >= 4 is 5.91 Å². The molecule has 136 valence electrons. The van der Waals surface area contributed by atoms with Gasteiger partial charge in [-0.25, -0.2) is 4.39 Å². The Morgan fingerprint density at radius 3 is 2.85 bits per heavy atom. The third-order valence-electron chi connectivity index (χ3n) is 5.86. The molecule has 2 aromatic carbocycles. The van der Waals surface area contributed by atoms with Gasteiger partial charge in [0, 0.05) is 13.1 Å². The van der Waals surface area contributed by atoms with E-state index in [1.807, 2.05) is 12.1 Å². The van der Waals surface area contributed by atoms with Crippen molar-refractivity contribution in [1.82, 2.24) is 10.6 Å². The summed E-state index contributed by atoms with van der Waals surface area (Å²) in [6.45, 7) is 4.56. The summed E-state index contributed by atoms with van der Waals surface area (Å²) in [5, 5.41) is 6.60. The molecule has 4 heteroatoms. The fourth-order valence-electron chi connectivity index (χ4n) is 4.30. The molecule has 1 fully saturated rings. The van der Waals surface area contributed by atoms with Crippen molar-refractivity contribution in [3.63, 3.8) is 0 Å². The van der Waals surface area contributed by atoms with Crippen LogP contribution in [0, 0.1) is 18.7 Å². The Morgan fingerprint density at radius 1 is 1.23 bits per heavy atom. The van der Waals surface area contributed by atoms with Gasteiger partial charge in [0.1, 0.15) is 5.82 Å². The van der Waals surface area contributed by atoms with Crippen molar-refractivity contribution in [1.29, 1.82) is 0 Å². The Bertz CT molecular complexity index is 802. The average Bonchev–Trinajstić information content (AvgIpc) is 2.64. The molecule has 2 aliphatic rings. The van der Waals surface area contributed by atoms with Crippen LogP contribution in [0.4, 0.5) is 4.39 Å². The largest absolute Gasteiger partial charge is 0.355 e. The lowest BCUT2D eigenvalue weighted by atomic mass is 9.76. The summed E-state index contributed by atoms with van der Waals surface area (Å²) in [6, 6.07) is 13.2. The van der Waals surface area contributed by atoms with Gasteiger partial charge >= 0.3 is 0 Å². The first kappa shape index (κ1) is 17.2. The molecule has 1 amide bonds. The van der Waals surface area contributed by atoms with E-state index in [4.69, 9.17) is 0 Å². The molecule has 3 atom stereocenters. The number of nitrogens with one attached hydrogen (secondary N) is 2. The Hall–Kier alpha value is -2.20. The molecule has 1 heterocycles. The molecule has 0 bridgehead atoms. The molecule has 26 heavy (non-hydrogen) atoms. The van der Waals surface area contributed by atoms with Gasteiger partial charge in [-0.15, -0.1) is 0 Å². The topological polar surface area (TPSA) is 41.1 Å². The zero-order chi connectivity index (χ0) is 18.1. The van der Waals surface area contributed by atoms with E-state index in [1.54, 1.807) is 0 Å². The molecular formula is C22H25FN2O. The minimum atomic E-state index is -0.202. The summed E-state index contributed by atoms with van der Waals surface area (Å²) in [5.74, 6) is 0.604. The van der Waals surface area contributed by atoms with Crippen LogP contribution in [0.2, 0.25) is 0 Å². The van der Waals surface area contributed by atoms with E-state index >= 15 is 0 Å². The molecule has 1 aliphatic heterocycles. The van der Waals surface area contributed by atoms with Gasteiger partial charge in [0.15, 0.2) is 0 Å². The maximum absolute atomic E-state index is 13.2. The number of halogens is 1. The zero-order valence-electron chi connectivity index (χ0n) is 15.1. The van der Waals surface area contributed by atoms with Crippen molar-refractivity contribution in [2.24, 2.45) is 5.92 Å². The van der Waals surface area contributed by atoms with E-state index in [0.717, 1.165) is 31.5 Å². The van der Waals surface area contributed by atoms with Crippen LogP contribution in [0.5, 0.6) is 0 Å². The average molecular weight is 352 g/mol. The molecule has 0 aromatic heterocycles. The van der Waals surface area contributed by atoms with Crippen LogP contribution in [0.15, 0.2) is 42.5 Å². The standard InChI is InChI=1S/C22H25FN2O/c1-14-2-3-16-11-21(20(16)10-14)22(26)25-13-17-12-24-9-8-19(17)15-4-6-18(23)7-5-15/h2-7,10,17,19,21,24H,8-9,11-13H2,1H3,(H,25,26)/t17-,19+,21?/m0/s1. The highest BCUT2D eigenvalue weighted by Crippen LogP contribution is 2.36. The van der Waals surface area contributed by atoms with Gasteiger partial charge in [-0.1, -0.05) is 35.9 Å². The number of carbonyl (C=O) groups excluding carboxylic acids is 1. The minimum absolute atomic E-state index is 0.00859. The monoisotopic (exact) mass is 352 g/mol. The molecule has 0 spiro atoms. The second kappa shape index (κ2) is 7.20. The van der Waals surface area contributed by atoms with Gasteiger partial charge in [0.25, 0.3) is 0 Å². The van der Waals surface area contributed by atoms with Gasteiger partial charge in [-0.05, 0) is 67.0 Å². The Labute approximate surface area is 154 Å². The van der Waals surface area contributed by atoms with Crippen molar-refractivity contribution in [3.8, 4) is 0 Å². The van der Waals surface area contributed by atoms with E-state index in [1.165, 1.54) is 28.8 Å². The van der Waals surface area contributed by atoms with Crippen LogP contribution >= 0.6 is 0 Å². The van der Waals surface area contributed by atoms with Crippen LogP contribution in [-0.2, 0) is 11.2 Å². The lowest BCUT2D eigenvalue weighted by molar-refractivity contribution is -0.123. The Kier molecular flexibility index (Phi) is 4.77. The van der Waals surface area contributed by atoms with Gasteiger partial charge in [0.2, 0.25) is 5.91 Å². The lowest BCUT2D eigenvalue weighted by Gasteiger charge is -2.34. The lowest BCUT2D eigenvalue weighted by Crippen LogP contribution is -2.44. The fraction of sp³-hybridized carbons (Fsp3) is 0.409. The first-order valence-electron chi connectivity index (χ1n) is 9.45. The molecule has 1 saturated heterocycles. The number of fused-ring (bicyclic) bond motifs is 1. The van der Waals surface area contributed by atoms with Crippen molar-refractivity contribution < 1.29 is 9.18 Å². The molecule has 0 radical (unpaired) electrons. The second-order valence-corrected chi connectivity index (χ2v) is 7.62. The summed E-state index contributed by atoms with van der Waals surface area (Å²) in [7, 11) is 0. The number of aryl methyl sites for hydroxylation is 1. The van der Waals surface area contributed by atoms with Gasteiger partial charge in [-0.3, -0.25) is 4.79 Å². The highest BCUT2D eigenvalue weighted by atomic mass is 19.1. The third kappa shape index (κ3) is 3.38. The number of amides is 1. The van der Waals surface area contributed by atoms with E-state index < -0.39 is 0 Å². The highest BCUT2D eigenvalue weighted by molar-refractivity contribution is 5.86. The van der Waals surface area contributed by atoms with Crippen LogP contribution in [0.1, 0.15) is 40.5 Å². The van der Waals surface area contributed by atoms with Gasteiger partial charge in [0.05, 0.1) is 5.92 Å². The number of hydrogen-bond acceptors (Lipinski definition) is 2. The third-order valence-corrected chi connectivity index (χ3v) is 5.86. The maximum atomic E-state index is 13.2. The van der Waals surface area contributed by atoms with Crippen LogP contribution in [-0.4, -0.2) is 25.5 Å². The predicted octanol–water partition coefficient (Wildman–Crippen LogP) is 3.28.